The van der Waals surface area contributed by atoms with E-state index in [1.54, 1.807) is 36.3 Å². The number of nitrogens with zero attached hydrogens (tertiary/aromatic N) is 4. The molecule has 1 fully saturated rings. The topological polar surface area (TPSA) is 67.8 Å². The van der Waals surface area contributed by atoms with Crippen molar-refractivity contribution in [1.29, 1.82) is 0 Å². The van der Waals surface area contributed by atoms with Gasteiger partial charge in [-0.2, -0.15) is 0 Å². The van der Waals surface area contributed by atoms with Gasteiger partial charge in [0, 0.05) is 37.3 Å². The number of para-hydroxylation sites is 2. The Labute approximate surface area is 180 Å². The SMILES string of the molecule is COc1ccccc1Oc1cc(N2CCN(C(=O)c3cccc(F)c3)[C@@H](C)C2)ncn1. The molecule has 1 saturated heterocycles. The minimum atomic E-state index is -0.416. The van der Waals surface area contributed by atoms with Crippen LogP contribution in [0.4, 0.5) is 10.2 Å². The van der Waals surface area contributed by atoms with Gasteiger partial charge >= 0.3 is 0 Å². The number of amides is 1. The van der Waals surface area contributed by atoms with E-state index in [1.807, 2.05) is 25.1 Å². The lowest BCUT2D eigenvalue weighted by atomic mass is 10.1. The van der Waals surface area contributed by atoms with E-state index in [9.17, 15) is 9.18 Å². The Hall–Kier alpha value is -3.68. The predicted octanol–water partition coefficient (Wildman–Crippen LogP) is 3.77. The van der Waals surface area contributed by atoms with Crippen LogP contribution >= 0.6 is 0 Å². The molecule has 0 saturated carbocycles. The van der Waals surface area contributed by atoms with Gasteiger partial charge in [0.25, 0.3) is 5.91 Å². The molecule has 1 aliphatic heterocycles. The summed E-state index contributed by atoms with van der Waals surface area (Å²) in [6, 6.07) is 14.8. The molecule has 1 amide bonds. The van der Waals surface area contributed by atoms with Crippen molar-refractivity contribution in [2.75, 3.05) is 31.6 Å². The Balaban J connectivity index is 1.46. The second kappa shape index (κ2) is 8.99. The van der Waals surface area contributed by atoms with Crippen LogP contribution in [0.3, 0.4) is 0 Å². The summed E-state index contributed by atoms with van der Waals surface area (Å²) in [6.07, 6.45) is 1.45. The molecule has 2 heterocycles. The number of methoxy groups -OCH3 is 1. The highest BCUT2D eigenvalue weighted by atomic mass is 19.1. The maximum atomic E-state index is 13.5. The molecule has 0 radical (unpaired) electrons. The van der Waals surface area contributed by atoms with E-state index in [-0.39, 0.29) is 11.9 Å². The van der Waals surface area contributed by atoms with E-state index in [1.165, 1.54) is 18.5 Å². The number of piperazine rings is 1. The molecule has 8 heteroatoms. The summed E-state index contributed by atoms with van der Waals surface area (Å²) in [5.74, 6) is 1.70. The number of rotatable bonds is 5. The normalized spacial score (nSPS) is 16.2. The lowest BCUT2D eigenvalue weighted by Crippen LogP contribution is -2.54. The molecule has 0 bridgehead atoms. The molecular formula is C23H23FN4O3. The summed E-state index contributed by atoms with van der Waals surface area (Å²) in [5.41, 5.74) is 0.356. The van der Waals surface area contributed by atoms with E-state index >= 15 is 0 Å². The second-order valence-corrected chi connectivity index (χ2v) is 7.27. The maximum Gasteiger partial charge on any atom is 0.254 e. The van der Waals surface area contributed by atoms with Gasteiger partial charge in [0.2, 0.25) is 5.88 Å². The lowest BCUT2D eigenvalue weighted by Gasteiger charge is -2.40. The first kappa shape index (κ1) is 20.6. The van der Waals surface area contributed by atoms with Gasteiger partial charge in [0.1, 0.15) is 18.0 Å². The average molecular weight is 422 g/mol. The van der Waals surface area contributed by atoms with Crippen LogP contribution in [0.2, 0.25) is 0 Å². The Morgan fingerprint density at radius 2 is 1.87 bits per heavy atom. The Kier molecular flexibility index (Phi) is 5.97. The number of anilines is 1. The standard InChI is InChI=1S/C23H23FN4O3/c1-16-14-27(10-11-28(16)23(29)17-6-5-7-18(24)12-17)21-13-22(26-15-25-21)31-20-9-4-3-8-19(20)30-2/h3-9,12-13,15-16H,10-11,14H2,1-2H3/t16-/m0/s1. The van der Waals surface area contributed by atoms with Crippen molar-refractivity contribution >= 4 is 11.7 Å². The number of aromatic nitrogens is 2. The third-order valence-corrected chi connectivity index (χ3v) is 5.20. The maximum absolute atomic E-state index is 13.5. The van der Waals surface area contributed by atoms with Crippen LogP contribution < -0.4 is 14.4 Å². The van der Waals surface area contributed by atoms with E-state index in [0.29, 0.717) is 48.4 Å². The monoisotopic (exact) mass is 422 g/mol. The fourth-order valence-electron chi connectivity index (χ4n) is 3.63. The zero-order valence-electron chi connectivity index (χ0n) is 17.4. The number of ether oxygens (including phenoxy) is 2. The summed E-state index contributed by atoms with van der Waals surface area (Å²) in [7, 11) is 1.58. The zero-order valence-corrected chi connectivity index (χ0v) is 17.4. The molecule has 4 rings (SSSR count). The third kappa shape index (κ3) is 4.58. The van der Waals surface area contributed by atoms with Gasteiger partial charge in [-0.1, -0.05) is 18.2 Å². The molecular weight excluding hydrogens is 399 g/mol. The quantitative estimate of drug-likeness (QED) is 0.624. The molecule has 1 aromatic heterocycles. The van der Waals surface area contributed by atoms with Crippen molar-refractivity contribution in [3.8, 4) is 17.4 Å². The first-order valence-electron chi connectivity index (χ1n) is 9.99. The molecule has 0 N–H and O–H groups in total. The van der Waals surface area contributed by atoms with Crippen LogP contribution in [0.15, 0.2) is 60.9 Å². The largest absolute Gasteiger partial charge is 0.493 e. The highest BCUT2D eigenvalue weighted by Gasteiger charge is 2.29. The molecule has 0 unspecified atom stereocenters. The lowest BCUT2D eigenvalue weighted by molar-refractivity contribution is 0.0673. The molecule has 0 aliphatic carbocycles. The van der Waals surface area contributed by atoms with Crippen molar-refractivity contribution in [3.63, 3.8) is 0 Å². The third-order valence-electron chi connectivity index (χ3n) is 5.20. The number of benzene rings is 2. The van der Waals surface area contributed by atoms with Crippen LogP contribution in [0, 0.1) is 5.82 Å². The minimum absolute atomic E-state index is 0.0712. The van der Waals surface area contributed by atoms with Gasteiger partial charge < -0.3 is 19.3 Å². The van der Waals surface area contributed by atoms with Crippen LogP contribution in [0.1, 0.15) is 17.3 Å². The van der Waals surface area contributed by atoms with E-state index in [0.717, 1.165) is 0 Å². The number of carbonyl (C=O) groups is 1. The first-order chi connectivity index (χ1) is 15.0. The Morgan fingerprint density at radius 1 is 1.06 bits per heavy atom. The van der Waals surface area contributed by atoms with Crippen LogP contribution in [-0.4, -0.2) is 53.6 Å². The summed E-state index contributed by atoms with van der Waals surface area (Å²) < 4.78 is 24.7. The van der Waals surface area contributed by atoms with Crippen molar-refractivity contribution in [2.24, 2.45) is 0 Å². The molecule has 2 aromatic carbocycles. The van der Waals surface area contributed by atoms with Crippen molar-refractivity contribution < 1.29 is 18.7 Å². The minimum Gasteiger partial charge on any atom is -0.493 e. The fraction of sp³-hybridized carbons (Fsp3) is 0.261. The van der Waals surface area contributed by atoms with Gasteiger partial charge in [0.05, 0.1) is 7.11 Å². The Bertz CT molecular complexity index is 1080. The van der Waals surface area contributed by atoms with E-state index in [2.05, 4.69) is 14.9 Å². The molecule has 160 valence electrons. The van der Waals surface area contributed by atoms with E-state index < -0.39 is 5.82 Å². The first-order valence-corrected chi connectivity index (χ1v) is 9.99. The molecule has 7 nitrogen and oxygen atoms in total. The van der Waals surface area contributed by atoms with Crippen molar-refractivity contribution in [1.82, 2.24) is 14.9 Å². The number of carbonyl (C=O) groups excluding carboxylic acids is 1. The number of hydrogen-bond acceptors (Lipinski definition) is 6. The molecule has 31 heavy (non-hydrogen) atoms. The zero-order chi connectivity index (χ0) is 21.8. The van der Waals surface area contributed by atoms with Crippen molar-refractivity contribution in [2.45, 2.75) is 13.0 Å². The summed E-state index contributed by atoms with van der Waals surface area (Å²) in [5, 5.41) is 0. The van der Waals surface area contributed by atoms with Gasteiger partial charge in [0.15, 0.2) is 11.5 Å². The van der Waals surface area contributed by atoms with Gasteiger partial charge in [-0.3, -0.25) is 4.79 Å². The smallest absolute Gasteiger partial charge is 0.254 e. The fourth-order valence-corrected chi connectivity index (χ4v) is 3.63. The average Bonchev–Trinajstić information content (AvgIpc) is 2.79. The molecule has 3 aromatic rings. The van der Waals surface area contributed by atoms with Crippen molar-refractivity contribution in [3.05, 3.63) is 72.3 Å². The predicted molar refractivity (Wildman–Crippen MR) is 114 cm³/mol. The summed E-state index contributed by atoms with van der Waals surface area (Å²) in [6.45, 7) is 3.66. The van der Waals surface area contributed by atoms with E-state index in [4.69, 9.17) is 9.47 Å². The van der Waals surface area contributed by atoms with Gasteiger partial charge in [-0.25, -0.2) is 14.4 Å². The summed E-state index contributed by atoms with van der Waals surface area (Å²) in [4.78, 5) is 25.2. The highest BCUT2D eigenvalue weighted by Crippen LogP contribution is 2.31. The highest BCUT2D eigenvalue weighted by molar-refractivity contribution is 5.94. The number of halogens is 1. The molecule has 0 spiro atoms. The number of hydrogen-bond donors (Lipinski definition) is 0. The molecule has 1 aliphatic rings. The Morgan fingerprint density at radius 3 is 2.61 bits per heavy atom. The summed E-state index contributed by atoms with van der Waals surface area (Å²) >= 11 is 0. The van der Waals surface area contributed by atoms with Crippen LogP contribution in [-0.2, 0) is 0 Å². The van der Waals surface area contributed by atoms with Gasteiger partial charge in [-0.15, -0.1) is 0 Å². The van der Waals surface area contributed by atoms with Crippen LogP contribution in [0.5, 0.6) is 17.4 Å². The van der Waals surface area contributed by atoms with Gasteiger partial charge in [-0.05, 0) is 37.3 Å². The second-order valence-electron chi connectivity index (χ2n) is 7.27. The molecule has 1 atom stereocenters. The van der Waals surface area contributed by atoms with Crippen LogP contribution in [0.25, 0.3) is 0 Å².